The third-order valence-corrected chi connectivity index (χ3v) is 4.24. The minimum Gasteiger partial charge on any atom is -0.317 e. The summed E-state index contributed by atoms with van der Waals surface area (Å²) in [5.74, 6) is -4.67. The van der Waals surface area contributed by atoms with Gasteiger partial charge < -0.3 is 5.32 Å². The van der Waals surface area contributed by atoms with Crippen molar-refractivity contribution >= 4 is 15.9 Å². The van der Waals surface area contributed by atoms with E-state index in [-0.39, 0.29) is 6.54 Å². The van der Waals surface area contributed by atoms with Gasteiger partial charge in [0, 0.05) is 13.6 Å². The lowest BCUT2D eigenvalue weighted by Crippen LogP contribution is -2.34. The van der Waals surface area contributed by atoms with E-state index in [2.05, 4.69) is 5.32 Å². The van der Waals surface area contributed by atoms with Gasteiger partial charge in [-0.3, -0.25) is 4.72 Å². The topological polar surface area (TPSA) is 61.4 Å². The summed E-state index contributed by atoms with van der Waals surface area (Å²) >= 11 is 0. The predicted molar refractivity (Wildman–Crippen MR) is 74.6 cm³/mol. The molecule has 21 heavy (non-hydrogen) atoms. The number of nitrogens with one attached hydrogen (secondary N) is 2. The summed E-state index contributed by atoms with van der Waals surface area (Å²) in [4.78, 5) is 0. The van der Waals surface area contributed by atoms with E-state index in [1.54, 1.807) is 0 Å². The van der Waals surface area contributed by atoms with Gasteiger partial charge in [0.1, 0.15) is 0 Å². The molecule has 1 rings (SSSR count). The highest BCUT2D eigenvalue weighted by Crippen LogP contribution is 2.21. The van der Waals surface area contributed by atoms with Crippen LogP contribution < -0.4 is 10.0 Å². The van der Waals surface area contributed by atoms with Crippen molar-refractivity contribution in [3.05, 3.63) is 29.6 Å². The first kappa shape index (κ1) is 17.7. The van der Waals surface area contributed by atoms with Crippen molar-refractivity contribution in [2.24, 2.45) is 0 Å². The smallest absolute Gasteiger partial charge is 0.301 e. The Morgan fingerprint density at radius 2 is 1.86 bits per heavy atom. The fourth-order valence-electron chi connectivity index (χ4n) is 1.55. The summed E-state index contributed by atoms with van der Waals surface area (Å²) in [6, 6.07) is 1.49. The van der Waals surface area contributed by atoms with Crippen LogP contribution in [-0.4, -0.2) is 39.4 Å². The maximum absolute atomic E-state index is 13.4. The van der Waals surface area contributed by atoms with Crippen LogP contribution in [0.3, 0.4) is 0 Å². The Bertz CT molecular complexity index is 581. The third-order valence-electron chi connectivity index (χ3n) is 2.76. The molecule has 5 nitrogen and oxygen atoms in total. The van der Waals surface area contributed by atoms with E-state index in [1.165, 1.54) is 7.05 Å². The minimum absolute atomic E-state index is 0.202. The van der Waals surface area contributed by atoms with Crippen molar-refractivity contribution in [3.8, 4) is 0 Å². The van der Waals surface area contributed by atoms with Gasteiger partial charge in [-0.2, -0.15) is 12.7 Å². The van der Waals surface area contributed by atoms with Gasteiger partial charge in [0.15, 0.2) is 17.5 Å². The van der Waals surface area contributed by atoms with Gasteiger partial charge in [-0.05, 0) is 31.6 Å². The lowest BCUT2D eigenvalue weighted by molar-refractivity contribution is 0.447. The molecular formula is C12H18F3N3O2S. The molecule has 0 saturated carbocycles. The molecule has 120 valence electrons. The molecule has 0 saturated heterocycles. The molecule has 0 aliphatic rings. The van der Waals surface area contributed by atoms with Crippen LogP contribution in [0.2, 0.25) is 0 Å². The normalized spacial score (nSPS) is 11.9. The van der Waals surface area contributed by atoms with Crippen LogP contribution in [0.4, 0.5) is 18.9 Å². The largest absolute Gasteiger partial charge is 0.317 e. The van der Waals surface area contributed by atoms with E-state index in [0.29, 0.717) is 19.0 Å². The summed E-state index contributed by atoms with van der Waals surface area (Å²) < 4.78 is 66.0. The Balaban J connectivity index is 2.74. The van der Waals surface area contributed by atoms with E-state index >= 15 is 0 Å². The van der Waals surface area contributed by atoms with Crippen molar-refractivity contribution < 1.29 is 21.6 Å². The highest BCUT2D eigenvalue weighted by Gasteiger charge is 2.21. The van der Waals surface area contributed by atoms with Crippen LogP contribution in [0.5, 0.6) is 0 Å². The standard InChI is InChI=1S/C12H18F3N3O2S/c1-3-16-7-4-8-18(2)21(19,20)17-10-6-5-9(13)11(14)12(10)15/h5-6,16-17H,3-4,7-8H2,1-2H3. The maximum Gasteiger partial charge on any atom is 0.301 e. The van der Waals surface area contributed by atoms with E-state index in [0.717, 1.165) is 16.9 Å². The molecule has 0 aliphatic carbocycles. The molecule has 0 unspecified atom stereocenters. The van der Waals surface area contributed by atoms with E-state index in [9.17, 15) is 21.6 Å². The van der Waals surface area contributed by atoms with Crippen molar-refractivity contribution in [1.29, 1.82) is 0 Å². The van der Waals surface area contributed by atoms with Crippen molar-refractivity contribution in [3.63, 3.8) is 0 Å². The first-order chi connectivity index (χ1) is 9.79. The third kappa shape index (κ3) is 4.87. The summed E-state index contributed by atoms with van der Waals surface area (Å²) in [6.07, 6.45) is 0.561. The number of halogens is 3. The number of benzene rings is 1. The molecule has 0 aromatic heterocycles. The Morgan fingerprint density at radius 1 is 1.19 bits per heavy atom. The molecule has 2 N–H and O–H groups in total. The lowest BCUT2D eigenvalue weighted by atomic mass is 10.3. The summed E-state index contributed by atoms with van der Waals surface area (Å²) in [5, 5.41) is 3.03. The van der Waals surface area contributed by atoms with E-state index in [1.807, 2.05) is 11.6 Å². The van der Waals surface area contributed by atoms with Gasteiger partial charge in [0.25, 0.3) is 0 Å². The first-order valence-electron chi connectivity index (χ1n) is 6.38. The zero-order valence-corrected chi connectivity index (χ0v) is 12.6. The zero-order valence-electron chi connectivity index (χ0n) is 11.8. The number of nitrogens with zero attached hydrogens (tertiary/aromatic N) is 1. The average molecular weight is 325 g/mol. The first-order valence-corrected chi connectivity index (χ1v) is 7.82. The molecular weight excluding hydrogens is 307 g/mol. The number of hydrogen-bond acceptors (Lipinski definition) is 3. The number of anilines is 1. The minimum atomic E-state index is -4.03. The summed E-state index contributed by atoms with van der Waals surface area (Å²) in [6.45, 7) is 3.53. The molecule has 9 heteroatoms. The van der Waals surface area contributed by atoms with E-state index in [4.69, 9.17) is 0 Å². The van der Waals surface area contributed by atoms with E-state index < -0.39 is 33.3 Å². The highest BCUT2D eigenvalue weighted by atomic mass is 32.2. The van der Waals surface area contributed by atoms with Crippen LogP contribution in [-0.2, 0) is 10.2 Å². The Morgan fingerprint density at radius 3 is 2.48 bits per heavy atom. The van der Waals surface area contributed by atoms with Crippen molar-refractivity contribution in [2.75, 3.05) is 31.4 Å². The molecule has 0 heterocycles. The molecule has 1 aromatic rings. The van der Waals surface area contributed by atoms with Gasteiger partial charge in [0.2, 0.25) is 0 Å². The average Bonchev–Trinajstić information content (AvgIpc) is 2.44. The van der Waals surface area contributed by atoms with Gasteiger partial charge in [0.05, 0.1) is 5.69 Å². The predicted octanol–water partition coefficient (Wildman–Crippen LogP) is 1.69. The summed E-state index contributed by atoms with van der Waals surface area (Å²) in [5.41, 5.74) is -0.632. The Kier molecular flexibility index (Phi) is 6.43. The molecule has 0 bridgehead atoms. The Hall–Kier alpha value is -1.32. The fourth-order valence-corrected chi connectivity index (χ4v) is 2.51. The Labute approximate surface area is 122 Å². The fraction of sp³-hybridized carbons (Fsp3) is 0.500. The molecule has 0 aliphatic heterocycles. The molecule has 1 aromatic carbocycles. The quantitative estimate of drug-likeness (QED) is 0.565. The molecule has 0 fully saturated rings. The summed E-state index contributed by atoms with van der Waals surface area (Å²) in [7, 11) is -2.71. The van der Waals surface area contributed by atoms with Crippen LogP contribution in [0, 0.1) is 17.5 Å². The van der Waals surface area contributed by atoms with Gasteiger partial charge >= 0.3 is 10.2 Å². The number of hydrogen-bond donors (Lipinski definition) is 2. The molecule has 0 amide bonds. The van der Waals surface area contributed by atoms with Crippen LogP contribution in [0.1, 0.15) is 13.3 Å². The zero-order chi connectivity index (χ0) is 16.0. The van der Waals surface area contributed by atoms with Crippen molar-refractivity contribution in [2.45, 2.75) is 13.3 Å². The van der Waals surface area contributed by atoms with Gasteiger partial charge in [-0.1, -0.05) is 6.92 Å². The van der Waals surface area contributed by atoms with Crippen molar-refractivity contribution in [1.82, 2.24) is 9.62 Å². The maximum atomic E-state index is 13.4. The van der Waals surface area contributed by atoms with Crippen LogP contribution in [0.15, 0.2) is 12.1 Å². The molecule has 0 radical (unpaired) electrons. The second kappa shape index (κ2) is 7.62. The second-order valence-corrected chi connectivity index (χ2v) is 6.14. The number of rotatable bonds is 8. The monoisotopic (exact) mass is 325 g/mol. The van der Waals surface area contributed by atoms with Gasteiger partial charge in [-0.15, -0.1) is 0 Å². The molecule has 0 spiro atoms. The highest BCUT2D eigenvalue weighted by molar-refractivity contribution is 7.90. The lowest BCUT2D eigenvalue weighted by Gasteiger charge is -2.18. The second-order valence-electron chi connectivity index (χ2n) is 4.36. The van der Waals surface area contributed by atoms with Crippen LogP contribution >= 0.6 is 0 Å². The van der Waals surface area contributed by atoms with Crippen LogP contribution in [0.25, 0.3) is 0 Å². The van der Waals surface area contributed by atoms with Gasteiger partial charge in [-0.25, -0.2) is 13.2 Å². The molecule has 0 atom stereocenters. The SMILES string of the molecule is CCNCCCN(C)S(=O)(=O)Nc1ccc(F)c(F)c1F.